The van der Waals surface area contributed by atoms with Crippen LogP contribution in [0, 0.1) is 0 Å². The second-order valence-corrected chi connectivity index (χ2v) is 11.6. The third-order valence-electron chi connectivity index (χ3n) is 5.46. The van der Waals surface area contributed by atoms with E-state index in [-0.39, 0.29) is 12.2 Å². The largest absolute Gasteiger partial charge is 0.514 e. The van der Waals surface area contributed by atoms with Crippen LogP contribution in [0.25, 0.3) is 0 Å². The predicted octanol–water partition coefficient (Wildman–Crippen LogP) is -0.104. The highest BCUT2D eigenvalue weighted by molar-refractivity contribution is 5.88. The first-order valence-electron chi connectivity index (χ1n) is 13.1. The van der Waals surface area contributed by atoms with Gasteiger partial charge in [-0.1, -0.05) is 12.1 Å². The molecule has 15 heteroatoms. The van der Waals surface area contributed by atoms with Crippen molar-refractivity contribution < 1.29 is 63.3 Å². The van der Waals surface area contributed by atoms with Gasteiger partial charge in [0.05, 0.1) is 0 Å². The number of hydrogen-bond donors (Lipinski definition) is 6. The van der Waals surface area contributed by atoms with Crippen LogP contribution >= 0.6 is 0 Å². The van der Waals surface area contributed by atoms with Crippen LogP contribution in [0.2, 0.25) is 0 Å². The van der Waals surface area contributed by atoms with E-state index in [4.69, 9.17) is 23.7 Å². The molecular weight excluding hydrogens is 560 g/mol. The fourth-order valence-corrected chi connectivity index (χ4v) is 3.53. The molecule has 1 heterocycles. The molecule has 236 valence electrons. The molecule has 0 aromatic heterocycles. The first kappa shape index (κ1) is 34.7. The number of hydrogen-bond acceptors (Lipinski definition) is 13. The van der Waals surface area contributed by atoms with Gasteiger partial charge in [0, 0.05) is 6.42 Å². The van der Waals surface area contributed by atoms with Crippen molar-refractivity contribution in [3.8, 4) is 5.75 Å². The number of nitrogens with one attached hydrogen (secondary N) is 2. The Bertz CT molecular complexity index is 1080. The van der Waals surface area contributed by atoms with Crippen LogP contribution in [-0.4, -0.2) is 106 Å². The number of rotatable bonds is 9. The van der Waals surface area contributed by atoms with E-state index in [9.17, 15) is 39.6 Å². The van der Waals surface area contributed by atoms with Crippen molar-refractivity contribution in [3.63, 3.8) is 0 Å². The Morgan fingerprint density at radius 1 is 0.881 bits per heavy atom. The molecule has 1 aliphatic heterocycles. The van der Waals surface area contributed by atoms with E-state index >= 15 is 0 Å². The van der Waals surface area contributed by atoms with Crippen molar-refractivity contribution in [2.45, 2.75) is 95.9 Å². The zero-order valence-electron chi connectivity index (χ0n) is 24.4. The van der Waals surface area contributed by atoms with Crippen LogP contribution in [0.1, 0.15) is 47.1 Å². The van der Waals surface area contributed by atoms with Crippen molar-refractivity contribution in [1.82, 2.24) is 10.6 Å². The Labute approximate surface area is 243 Å². The van der Waals surface area contributed by atoms with Gasteiger partial charge in [0.15, 0.2) is 6.29 Å². The summed E-state index contributed by atoms with van der Waals surface area (Å²) in [7, 11) is 0. The van der Waals surface area contributed by atoms with Crippen molar-refractivity contribution >= 4 is 24.1 Å². The normalized spacial score (nSPS) is 23.2. The lowest BCUT2D eigenvalue weighted by molar-refractivity contribution is -0.287. The van der Waals surface area contributed by atoms with Crippen molar-refractivity contribution in [1.29, 1.82) is 0 Å². The number of aliphatic hydroxyl groups is 4. The summed E-state index contributed by atoms with van der Waals surface area (Å²) >= 11 is 0. The van der Waals surface area contributed by atoms with E-state index in [0.29, 0.717) is 5.56 Å². The maximum atomic E-state index is 12.9. The van der Waals surface area contributed by atoms with Gasteiger partial charge < -0.3 is 54.7 Å². The molecule has 0 unspecified atom stereocenters. The minimum atomic E-state index is -1.80. The summed E-state index contributed by atoms with van der Waals surface area (Å²) in [6, 6.07) is 4.91. The molecular formula is C27H40N2O13. The van der Waals surface area contributed by atoms with Gasteiger partial charge >= 0.3 is 18.2 Å². The molecule has 2 amide bonds. The third-order valence-corrected chi connectivity index (χ3v) is 5.46. The molecule has 6 N–H and O–H groups in total. The molecule has 42 heavy (non-hydrogen) atoms. The Kier molecular flexibility index (Phi) is 12.1. The van der Waals surface area contributed by atoms with Crippen LogP contribution in [0.3, 0.4) is 0 Å². The van der Waals surface area contributed by atoms with Crippen molar-refractivity contribution in [2.24, 2.45) is 0 Å². The maximum absolute atomic E-state index is 12.9. The summed E-state index contributed by atoms with van der Waals surface area (Å²) in [5, 5.41) is 43.6. The molecule has 15 nitrogen and oxygen atoms in total. The maximum Gasteiger partial charge on any atom is 0.514 e. The molecule has 1 aromatic carbocycles. The number of ether oxygens (including phenoxy) is 5. The van der Waals surface area contributed by atoms with Gasteiger partial charge in [0.2, 0.25) is 5.91 Å². The van der Waals surface area contributed by atoms with Crippen molar-refractivity contribution in [2.75, 3.05) is 13.2 Å². The molecule has 1 fully saturated rings. The average Bonchev–Trinajstić information content (AvgIpc) is 2.85. The van der Waals surface area contributed by atoms with Gasteiger partial charge in [0.25, 0.3) is 0 Å². The average molecular weight is 601 g/mol. The van der Waals surface area contributed by atoms with E-state index in [1.165, 1.54) is 12.1 Å². The second-order valence-electron chi connectivity index (χ2n) is 11.6. The number of esters is 1. The van der Waals surface area contributed by atoms with E-state index in [1.807, 2.05) is 0 Å². The van der Waals surface area contributed by atoms with Crippen LogP contribution in [-0.2, 0) is 35.0 Å². The van der Waals surface area contributed by atoms with Gasteiger partial charge in [-0.25, -0.2) is 9.59 Å². The first-order chi connectivity index (χ1) is 19.3. The molecule has 0 bridgehead atoms. The van der Waals surface area contributed by atoms with Crippen LogP contribution in [0.4, 0.5) is 9.59 Å². The lowest BCUT2D eigenvalue weighted by Crippen LogP contribution is -2.58. The minimum absolute atomic E-state index is 0.0347. The number of carbonyl (C=O) groups excluding carboxylic acids is 4. The lowest BCUT2D eigenvalue weighted by Gasteiger charge is -2.37. The van der Waals surface area contributed by atoms with Gasteiger partial charge in [-0.3, -0.25) is 9.59 Å². The SMILES string of the molecule is CC(C)(C)OC(=O)N[C@@H](Cc1ccc(OC(=O)OC(C)(C)C)cc1)C(=O)NCC(=O)OC[C@H]1O[C@@H](O)[C@H](O)[C@@H](O)[C@@H]1O. The number of benzene rings is 1. The first-order valence-corrected chi connectivity index (χ1v) is 13.1. The smallest absolute Gasteiger partial charge is 0.461 e. The topological polar surface area (TPSA) is 219 Å². The van der Waals surface area contributed by atoms with Gasteiger partial charge in [-0.15, -0.1) is 0 Å². The molecule has 1 aromatic rings. The molecule has 0 spiro atoms. The number of carbonyl (C=O) groups is 4. The monoisotopic (exact) mass is 600 g/mol. The number of amides is 2. The fourth-order valence-electron chi connectivity index (χ4n) is 3.53. The Balaban J connectivity index is 1.99. The summed E-state index contributed by atoms with van der Waals surface area (Å²) in [6.45, 7) is 8.79. The highest BCUT2D eigenvalue weighted by Gasteiger charge is 2.43. The summed E-state index contributed by atoms with van der Waals surface area (Å²) in [6.07, 6.45) is -10.0. The van der Waals surface area contributed by atoms with Crippen LogP contribution in [0.5, 0.6) is 5.75 Å². The van der Waals surface area contributed by atoms with E-state index in [0.717, 1.165) is 0 Å². The van der Waals surface area contributed by atoms with E-state index in [2.05, 4.69) is 10.6 Å². The summed E-state index contributed by atoms with van der Waals surface area (Å²) < 4.78 is 25.3. The second kappa shape index (κ2) is 14.6. The van der Waals surface area contributed by atoms with E-state index in [1.54, 1.807) is 53.7 Å². The predicted molar refractivity (Wildman–Crippen MR) is 143 cm³/mol. The quantitative estimate of drug-likeness (QED) is 0.124. The summed E-state index contributed by atoms with van der Waals surface area (Å²) in [4.78, 5) is 49.5. The van der Waals surface area contributed by atoms with Crippen molar-refractivity contribution in [3.05, 3.63) is 29.8 Å². The van der Waals surface area contributed by atoms with E-state index < -0.39 is 85.2 Å². The highest BCUT2D eigenvalue weighted by Crippen LogP contribution is 2.20. The summed E-state index contributed by atoms with van der Waals surface area (Å²) in [5.41, 5.74) is -1.02. The number of alkyl carbamates (subject to hydrolysis) is 1. The Morgan fingerprint density at radius 3 is 2.05 bits per heavy atom. The Morgan fingerprint density at radius 2 is 1.48 bits per heavy atom. The zero-order chi connectivity index (χ0) is 31.8. The molecule has 0 saturated carbocycles. The minimum Gasteiger partial charge on any atom is -0.461 e. The third kappa shape index (κ3) is 11.8. The highest BCUT2D eigenvalue weighted by atomic mass is 16.7. The molecule has 0 aliphatic carbocycles. The standard InChI is InChI=1S/C27H40N2O13/c1-26(2,3)41-24(36)29-16(11-14-7-9-15(10-8-14)39-25(37)42-27(4,5)6)22(34)28-12-18(30)38-13-17-19(31)20(32)21(33)23(35)40-17/h7-10,16-17,19-21,23,31-33,35H,11-13H2,1-6H3,(H,28,34)(H,29,36)/t16-,17+,19+,20-,21+,23+/m0/s1. The number of aliphatic hydroxyl groups excluding tert-OH is 4. The Hall–Kier alpha value is -3.50. The molecule has 2 rings (SSSR count). The zero-order valence-corrected chi connectivity index (χ0v) is 24.4. The molecule has 1 saturated heterocycles. The van der Waals surface area contributed by atoms with Gasteiger partial charge in [-0.05, 0) is 59.2 Å². The summed E-state index contributed by atoms with van der Waals surface area (Å²) in [5.74, 6) is -1.51. The van der Waals surface area contributed by atoms with Crippen LogP contribution < -0.4 is 15.4 Å². The van der Waals surface area contributed by atoms with Crippen LogP contribution in [0.15, 0.2) is 24.3 Å². The van der Waals surface area contributed by atoms with Gasteiger partial charge in [0.1, 0.15) is 60.6 Å². The molecule has 1 aliphatic rings. The molecule has 0 radical (unpaired) electrons. The fraction of sp³-hybridized carbons (Fsp3) is 0.630. The lowest BCUT2D eigenvalue weighted by atomic mass is 9.99. The molecule has 6 atom stereocenters. The van der Waals surface area contributed by atoms with Gasteiger partial charge in [-0.2, -0.15) is 0 Å².